The monoisotopic (exact) mass is 317 g/mol. The number of aliphatic carboxylic acids is 1. The van der Waals surface area contributed by atoms with Crippen LogP contribution >= 0.6 is 0 Å². The first kappa shape index (κ1) is 16.7. The van der Waals surface area contributed by atoms with Crippen molar-refractivity contribution in [1.29, 1.82) is 0 Å². The number of aromatic nitrogens is 2. The van der Waals surface area contributed by atoms with E-state index in [9.17, 15) is 14.4 Å². The highest BCUT2D eigenvalue weighted by Crippen LogP contribution is 2.08. The Bertz CT molecular complexity index is 769. The molecule has 2 N–H and O–H groups in total. The number of nitrogens with zero attached hydrogens (tertiary/aromatic N) is 2. The van der Waals surface area contributed by atoms with Crippen LogP contribution in [0.3, 0.4) is 0 Å². The second kappa shape index (κ2) is 7.53. The molecule has 1 heterocycles. The van der Waals surface area contributed by atoms with Crippen molar-refractivity contribution in [2.75, 3.05) is 13.6 Å². The zero-order chi connectivity index (χ0) is 16.8. The second-order valence-electron chi connectivity index (χ2n) is 5.34. The minimum Gasteiger partial charge on any atom is -0.481 e. The SMILES string of the molecule is CN(CCC(=O)O)C(=O)CCCc1nc2ccccc2c(=O)[nH]1. The summed E-state index contributed by atoms with van der Waals surface area (Å²) in [5.74, 6) is -0.494. The van der Waals surface area contributed by atoms with E-state index >= 15 is 0 Å². The van der Waals surface area contributed by atoms with E-state index in [4.69, 9.17) is 5.11 Å². The van der Waals surface area contributed by atoms with Gasteiger partial charge in [-0.25, -0.2) is 4.98 Å². The summed E-state index contributed by atoms with van der Waals surface area (Å²) in [6, 6.07) is 7.09. The molecule has 0 saturated carbocycles. The third-order valence-corrected chi connectivity index (χ3v) is 3.55. The number of para-hydroxylation sites is 1. The van der Waals surface area contributed by atoms with E-state index in [0.717, 1.165) is 0 Å². The van der Waals surface area contributed by atoms with Crippen LogP contribution in [0, 0.1) is 0 Å². The average molecular weight is 317 g/mol. The van der Waals surface area contributed by atoms with E-state index in [1.54, 1.807) is 25.2 Å². The fourth-order valence-corrected chi connectivity index (χ4v) is 2.24. The number of amides is 1. The number of aromatic amines is 1. The van der Waals surface area contributed by atoms with Crippen LogP contribution in [0.5, 0.6) is 0 Å². The van der Waals surface area contributed by atoms with Crippen LogP contribution in [0.4, 0.5) is 0 Å². The molecule has 2 rings (SSSR count). The van der Waals surface area contributed by atoms with Crippen molar-refractivity contribution in [2.24, 2.45) is 0 Å². The number of aryl methyl sites for hydroxylation is 1. The molecular weight excluding hydrogens is 298 g/mol. The molecule has 0 saturated heterocycles. The third-order valence-electron chi connectivity index (χ3n) is 3.55. The Morgan fingerprint density at radius 1 is 1.26 bits per heavy atom. The Hall–Kier alpha value is -2.70. The number of carboxylic acid groups (broad SMARTS) is 1. The Labute approximate surface area is 133 Å². The summed E-state index contributed by atoms with van der Waals surface area (Å²) in [5.41, 5.74) is 0.451. The summed E-state index contributed by atoms with van der Waals surface area (Å²) in [5, 5.41) is 9.14. The van der Waals surface area contributed by atoms with Gasteiger partial charge >= 0.3 is 5.97 Å². The Kier molecular flexibility index (Phi) is 5.46. The number of carbonyl (C=O) groups is 2. The molecule has 0 fully saturated rings. The van der Waals surface area contributed by atoms with E-state index < -0.39 is 5.97 Å². The van der Waals surface area contributed by atoms with Crippen LogP contribution in [0.1, 0.15) is 25.1 Å². The average Bonchev–Trinajstić information content (AvgIpc) is 2.52. The fourth-order valence-electron chi connectivity index (χ4n) is 2.24. The summed E-state index contributed by atoms with van der Waals surface area (Å²) < 4.78 is 0. The molecule has 1 aromatic carbocycles. The fraction of sp³-hybridized carbons (Fsp3) is 0.375. The smallest absolute Gasteiger partial charge is 0.305 e. The van der Waals surface area contributed by atoms with Crippen molar-refractivity contribution in [3.8, 4) is 0 Å². The molecule has 7 nitrogen and oxygen atoms in total. The van der Waals surface area contributed by atoms with Crippen LogP contribution in [0.2, 0.25) is 0 Å². The molecule has 0 atom stereocenters. The maximum absolute atomic E-state index is 11.9. The van der Waals surface area contributed by atoms with Crippen LogP contribution in [0.25, 0.3) is 10.9 Å². The molecule has 1 aromatic heterocycles. The Morgan fingerprint density at radius 2 is 2.00 bits per heavy atom. The summed E-state index contributed by atoms with van der Waals surface area (Å²) in [7, 11) is 1.58. The molecule has 0 aliphatic rings. The highest BCUT2D eigenvalue weighted by atomic mass is 16.4. The molecule has 7 heteroatoms. The Balaban J connectivity index is 1.90. The van der Waals surface area contributed by atoms with E-state index in [1.165, 1.54) is 4.90 Å². The molecule has 122 valence electrons. The van der Waals surface area contributed by atoms with Gasteiger partial charge in [-0.05, 0) is 18.6 Å². The molecule has 0 radical (unpaired) electrons. The molecule has 2 aromatic rings. The molecule has 0 aliphatic heterocycles. The number of carbonyl (C=O) groups excluding carboxylic acids is 1. The zero-order valence-corrected chi connectivity index (χ0v) is 12.9. The predicted molar refractivity (Wildman–Crippen MR) is 85.2 cm³/mol. The van der Waals surface area contributed by atoms with Crippen molar-refractivity contribution in [2.45, 2.75) is 25.7 Å². The summed E-state index contributed by atoms with van der Waals surface area (Å²) in [6.45, 7) is 0.194. The molecule has 0 bridgehead atoms. The number of carboxylic acids is 1. The van der Waals surface area contributed by atoms with Gasteiger partial charge < -0.3 is 15.0 Å². The largest absolute Gasteiger partial charge is 0.481 e. The van der Waals surface area contributed by atoms with Gasteiger partial charge in [-0.15, -0.1) is 0 Å². The van der Waals surface area contributed by atoms with Crippen LogP contribution < -0.4 is 5.56 Å². The number of hydrogen-bond donors (Lipinski definition) is 2. The minimum absolute atomic E-state index is 0.0677. The predicted octanol–water partition coefficient (Wildman–Crippen LogP) is 1.18. The van der Waals surface area contributed by atoms with Crippen molar-refractivity contribution >= 4 is 22.8 Å². The molecule has 0 unspecified atom stereocenters. The van der Waals surface area contributed by atoms with Crippen molar-refractivity contribution in [3.63, 3.8) is 0 Å². The first-order valence-electron chi connectivity index (χ1n) is 7.41. The molecule has 0 spiro atoms. The maximum Gasteiger partial charge on any atom is 0.305 e. The van der Waals surface area contributed by atoms with Crippen LogP contribution in [-0.2, 0) is 16.0 Å². The zero-order valence-electron chi connectivity index (χ0n) is 12.9. The van der Waals surface area contributed by atoms with Crippen molar-refractivity contribution < 1.29 is 14.7 Å². The second-order valence-corrected chi connectivity index (χ2v) is 5.34. The molecule has 1 amide bonds. The number of fused-ring (bicyclic) bond motifs is 1. The van der Waals surface area contributed by atoms with Gasteiger partial charge in [0.25, 0.3) is 5.56 Å². The maximum atomic E-state index is 11.9. The lowest BCUT2D eigenvalue weighted by Gasteiger charge is -2.15. The highest BCUT2D eigenvalue weighted by molar-refractivity contribution is 5.77. The molecular formula is C16H19N3O4. The van der Waals surface area contributed by atoms with Gasteiger partial charge in [-0.3, -0.25) is 14.4 Å². The Morgan fingerprint density at radius 3 is 2.74 bits per heavy atom. The lowest BCUT2D eigenvalue weighted by atomic mass is 10.2. The number of rotatable bonds is 7. The van der Waals surface area contributed by atoms with Gasteiger partial charge in [0.2, 0.25) is 5.91 Å². The summed E-state index contributed by atoms with van der Waals surface area (Å²) in [6.07, 6.45) is 1.24. The van der Waals surface area contributed by atoms with Crippen molar-refractivity contribution in [3.05, 3.63) is 40.4 Å². The molecule has 0 aliphatic carbocycles. The van der Waals surface area contributed by atoms with Gasteiger partial charge in [0.1, 0.15) is 5.82 Å². The van der Waals surface area contributed by atoms with Crippen molar-refractivity contribution in [1.82, 2.24) is 14.9 Å². The normalized spacial score (nSPS) is 10.7. The quantitative estimate of drug-likeness (QED) is 0.798. The van der Waals surface area contributed by atoms with Crippen LogP contribution in [0.15, 0.2) is 29.1 Å². The van der Waals surface area contributed by atoms with E-state index in [0.29, 0.717) is 29.6 Å². The summed E-state index contributed by atoms with van der Waals surface area (Å²) >= 11 is 0. The third kappa shape index (κ3) is 4.64. The van der Waals surface area contributed by atoms with Gasteiger partial charge in [0.05, 0.1) is 17.3 Å². The highest BCUT2D eigenvalue weighted by Gasteiger charge is 2.10. The first-order valence-corrected chi connectivity index (χ1v) is 7.41. The topological polar surface area (TPSA) is 103 Å². The lowest BCUT2D eigenvalue weighted by Crippen LogP contribution is -2.28. The minimum atomic E-state index is -0.928. The van der Waals surface area contributed by atoms with Gasteiger partial charge in [0.15, 0.2) is 0 Å². The number of hydrogen-bond acceptors (Lipinski definition) is 4. The lowest BCUT2D eigenvalue weighted by molar-refractivity contribution is -0.138. The van der Waals surface area contributed by atoms with E-state index in [-0.39, 0.29) is 30.9 Å². The molecule has 23 heavy (non-hydrogen) atoms. The van der Waals surface area contributed by atoms with Gasteiger partial charge in [0, 0.05) is 26.4 Å². The number of nitrogens with one attached hydrogen (secondary N) is 1. The van der Waals surface area contributed by atoms with Crippen LogP contribution in [-0.4, -0.2) is 45.4 Å². The number of H-pyrrole nitrogens is 1. The number of benzene rings is 1. The standard InChI is InChI=1S/C16H19N3O4/c1-19(10-9-15(21)22)14(20)8-4-7-13-17-12-6-3-2-5-11(12)16(23)18-13/h2-3,5-6H,4,7-10H2,1H3,(H,21,22)(H,17,18,23). The first-order chi connectivity index (χ1) is 11.0. The van der Waals surface area contributed by atoms with Gasteiger partial charge in [-0.2, -0.15) is 0 Å². The van der Waals surface area contributed by atoms with E-state index in [1.807, 2.05) is 6.07 Å². The van der Waals surface area contributed by atoms with Gasteiger partial charge in [-0.1, -0.05) is 12.1 Å². The summed E-state index contributed by atoms with van der Waals surface area (Å²) in [4.78, 5) is 42.8. The van der Waals surface area contributed by atoms with E-state index in [2.05, 4.69) is 9.97 Å².